The summed E-state index contributed by atoms with van der Waals surface area (Å²) in [6, 6.07) is 0. The van der Waals surface area contributed by atoms with E-state index in [1.54, 1.807) is 0 Å². The van der Waals surface area contributed by atoms with Crippen LogP contribution >= 0.6 is 45.5 Å². The van der Waals surface area contributed by atoms with Gasteiger partial charge in [0.2, 0.25) is 0 Å². The van der Waals surface area contributed by atoms with Gasteiger partial charge in [0.1, 0.15) is 18.3 Å². The Labute approximate surface area is 189 Å². The van der Waals surface area contributed by atoms with Crippen molar-refractivity contribution in [2.75, 3.05) is 18.8 Å². The van der Waals surface area contributed by atoms with Gasteiger partial charge in [-0.1, -0.05) is 21.6 Å². The fourth-order valence-electron chi connectivity index (χ4n) is 2.54. The van der Waals surface area contributed by atoms with Crippen molar-refractivity contribution in [2.24, 2.45) is 0 Å². The zero-order chi connectivity index (χ0) is 24.1. The number of phosphoric ester groups is 1. The van der Waals surface area contributed by atoms with Crippen molar-refractivity contribution in [2.45, 2.75) is 31.8 Å². The summed E-state index contributed by atoms with van der Waals surface area (Å²) in [6.45, 7) is 0.864. The molecule has 1 saturated heterocycles. The summed E-state index contributed by atoms with van der Waals surface area (Å²) in [5.74, 6) is 0.216. The molecule has 15 nitrogen and oxygen atoms in total. The molecular formula is C12H20N2O13P3S2+. The Morgan fingerprint density at radius 1 is 1.31 bits per heavy atom. The maximum Gasteiger partial charge on any atom is 0.719 e. The first kappa shape index (κ1) is 27.9. The van der Waals surface area contributed by atoms with Gasteiger partial charge in [0, 0.05) is 22.7 Å². The molecule has 32 heavy (non-hydrogen) atoms. The van der Waals surface area contributed by atoms with Crippen molar-refractivity contribution in [3.63, 3.8) is 0 Å². The summed E-state index contributed by atoms with van der Waals surface area (Å²) in [5.41, 5.74) is -1.03. The van der Waals surface area contributed by atoms with Gasteiger partial charge in [0.15, 0.2) is 0 Å². The largest absolute Gasteiger partial charge is 0.719 e. The molecule has 1 aromatic rings. The van der Waals surface area contributed by atoms with Crippen molar-refractivity contribution in [1.29, 1.82) is 0 Å². The Hall–Kier alpha value is -0.380. The fourth-order valence-corrected chi connectivity index (χ4v) is 5.60. The summed E-state index contributed by atoms with van der Waals surface area (Å²) in [5, 5.41) is 0. The van der Waals surface area contributed by atoms with Crippen LogP contribution in [0.2, 0.25) is 0 Å². The van der Waals surface area contributed by atoms with E-state index < -0.39 is 60.2 Å². The number of nitrogens with zero attached hydrogens (tertiary/aromatic N) is 1. The number of rotatable bonds is 12. The normalized spacial score (nSPS) is 23.8. The standard InChI is InChI=1S/C12H19N2O13P3S2/c1-7-4-14(12(16)13-11(7)15)10-3-8(23-6-32-31-2)9(25-10)5-24-30(21,22)27-28(17)26-29(18,19)20/h4,8-10H,3,5-6H2,1-2H3,(H3-,13,15,16,18,19,20,21,22)/p+1/t8-,9+,10?/m0/s1. The first-order chi connectivity index (χ1) is 14.8. The lowest BCUT2D eigenvalue weighted by Crippen LogP contribution is -2.33. The molecule has 1 aliphatic rings. The molecule has 2 heterocycles. The smallest absolute Gasteiger partial charge is 0.364 e. The zero-order valence-corrected chi connectivity index (χ0v) is 20.8. The number of nitrogens with one attached hydrogen (secondary N) is 1. The second-order valence-electron chi connectivity index (χ2n) is 6.09. The van der Waals surface area contributed by atoms with E-state index in [2.05, 4.69) is 13.6 Å². The Morgan fingerprint density at radius 2 is 2.00 bits per heavy atom. The van der Waals surface area contributed by atoms with E-state index in [-0.39, 0.29) is 17.9 Å². The molecule has 4 N–H and O–H groups in total. The van der Waals surface area contributed by atoms with Crippen molar-refractivity contribution in [3.05, 3.63) is 32.6 Å². The van der Waals surface area contributed by atoms with E-state index >= 15 is 0 Å². The zero-order valence-electron chi connectivity index (χ0n) is 16.5. The van der Waals surface area contributed by atoms with Crippen LogP contribution in [0.25, 0.3) is 0 Å². The molecule has 0 spiro atoms. The third-order valence-corrected chi connectivity index (χ3v) is 8.51. The predicted molar refractivity (Wildman–Crippen MR) is 113 cm³/mol. The van der Waals surface area contributed by atoms with Gasteiger partial charge in [0.25, 0.3) is 5.56 Å². The van der Waals surface area contributed by atoms with Gasteiger partial charge < -0.3 is 19.3 Å². The van der Waals surface area contributed by atoms with Crippen LogP contribution in [0.3, 0.4) is 0 Å². The van der Waals surface area contributed by atoms with E-state index in [9.17, 15) is 28.2 Å². The van der Waals surface area contributed by atoms with Crippen molar-refractivity contribution in [3.8, 4) is 0 Å². The quantitative estimate of drug-likeness (QED) is 0.124. The summed E-state index contributed by atoms with van der Waals surface area (Å²) >= 11 is 0. The van der Waals surface area contributed by atoms with Crippen LogP contribution in [0.5, 0.6) is 0 Å². The topological polar surface area (TPSA) is 213 Å². The average Bonchev–Trinajstić information content (AvgIpc) is 3.04. The number of hydrogen-bond acceptors (Lipinski definition) is 12. The highest BCUT2D eigenvalue weighted by atomic mass is 33.1. The number of H-pyrrole nitrogens is 1. The molecule has 5 atom stereocenters. The lowest BCUT2D eigenvalue weighted by molar-refractivity contribution is -0.0541. The van der Waals surface area contributed by atoms with Crippen molar-refractivity contribution in [1.82, 2.24) is 9.55 Å². The third kappa shape index (κ3) is 8.76. The molecule has 0 saturated carbocycles. The Balaban J connectivity index is 2.09. The lowest BCUT2D eigenvalue weighted by Gasteiger charge is -2.18. The molecule has 1 aromatic heterocycles. The summed E-state index contributed by atoms with van der Waals surface area (Å²) in [4.78, 5) is 52.6. The van der Waals surface area contributed by atoms with Crippen LogP contribution in [-0.2, 0) is 36.3 Å². The molecule has 0 amide bonds. The fraction of sp³-hybridized carbons (Fsp3) is 0.667. The molecule has 1 aliphatic heterocycles. The van der Waals surface area contributed by atoms with E-state index in [1.807, 2.05) is 6.26 Å². The van der Waals surface area contributed by atoms with Gasteiger partial charge in [-0.05, 0) is 21.8 Å². The van der Waals surface area contributed by atoms with Crippen molar-refractivity contribution >= 4 is 45.5 Å². The number of aryl methyl sites for hydroxylation is 1. The van der Waals surface area contributed by atoms with Gasteiger partial charge in [-0.15, -0.1) is 0 Å². The van der Waals surface area contributed by atoms with E-state index in [0.29, 0.717) is 0 Å². The molecule has 2 rings (SSSR count). The summed E-state index contributed by atoms with van der Waals surface area (Å²) in [6.07, 6.45) is 0.647. The Morgan fingerprint density at radius 3 is 2.62 bits per heavy atom. The van der Waals surface area contributed by atoms with Gasteiger partial charge in [-0.3, -0.25) is 23.8 Å². The average molecular weight is 557 g/mol. The van der Waals surface area contributed by atoms with E-state index in [1.165, 1.54) is 34.7 Å². The molecular weight excluding hydrogens is 537 g/mol. The lowest BCUT2D eigenvalue weighted by atomic mass is 10.2. The molecule has 0 radical (unpaired) electrons. The second-order valence-corrected chi connectivity index (χ2v) is 12.5. The van der Waals surface area contributed by atoms with Crippen LogP contribution in [0.4, 0.5) is 0 Å². The highest BCUT2D eigenvalue weighted by molar-refractivity contribution is 8.76. The third-order valence-electron chi connectivity index (χ3n) is 3.83. The van der Waals surface area contributed by atoms with Crippen LogP contribution in [0, 0.1) is 6.92 Å². The SMILES string of the molecule is CSSCO[C@H]1CC(n2cc(C)c(=O)[nH]c2=O)O[C@@H]1COP(=O)(O)O[P+](=O)OP(=O)(O)O. The Kier molecular flexibility index (Phi) is 10.3. The highest BCUT2D eigenvalue weighted by Gasteiger charge is 2.45. The van der Waals surface area contributed by atoms with Crippen LogP contribution in [-0.4, -0.2) is 55.2 Å². The molecule has 0 aliphatic carbocycles. The number of aromatic amines is 1. The van der Waals surface area contributed by atoms with Gasteiger partial charge in [-0.25, -0.2) is 13.9 Å². The second kappa shape index (κ2) is 11.8. The maximum atomic E-state index is 12.1. The number of aromatic nitrogens is 2. The van der Waals surface area contributed by atoms with E-state index in [4.69, 9.17) is 23.8 Å². The minimum absolute atomic E-state index is 0.126. The van der Waals surface area contributed by atoms with Crippen LogP contribution in [0.15, 0.2) is 15.8 Å². The van der Waals surface area contributed by atoms with Gasteiger partial charge >= 0.3 is 29.6 Å². The molecule has 0 aromatic carbocycles. The summed E-state index contributed by atoms with van der Waals surface area (Å²) < 4.78 is 58.8. The van der Waals surface area contributed by atoms with Crippen LogP contribution in [0.1, 0.15) is 18.2 Å². The van der Waals surface area contributed by atoms with Crippen molar-refractivity contribution < 1.29 is 51.0 Å². The molecule has 182 valence electrons. The van der Waals surface area contributed by atoms with Crippen LogP contribution < -0.4 is 11.2 Å². The summed E-state index contributed by atoms with van der Waals surface area (Å²) in [7, 11) is -11.2. The highest BCUT2D eigenvalue weighted by Crippen LogP contribution is 2.58. The first-order valence-corrected chi connectivity index (χ1v) is 15.3. The number of ether oxygens (including phenoxy) is 2. The number of hydrogen-bond donors (Lipinski definition) is 4. The van der Waals surface area contributed by atoms with Gasteiger partial charge in [-0.2, -0.15) is 0 Å². The monoisotopic (exact) mass is 557 g/mol. The minimum atomic E-state index is -5.23. The molecule has 3 unspecified atom stereocenters. The molecule has 20 heteroatoms. The molecule has 0 bridgehead atoms. The minimum Gasteiger partial charge on any atom is -0.364 e. The number of phosphoric acid groups is 2. The first-order valence-electron chi connectivity index (χ1n) is 8.45. The molecule has 1 fully saturated rings. The van der Waals surface area contributed by atoms with E-state index in [0.717, 1.165) is 4.57 Å². The Bertz CT molecular complexity index is 1030. The van der Waals surface area contributed by atoms with Gasteiger partial charge in [0.05, 0.1) is 12.7 Å². The maximum absolute atomic E-state index is 12.1. The predicted octanol–water partition coefficient (Wildman–Crippen LogP) is 1.39.